The van der Waals surface area contributed by atoms with Crippen molar-refractivity contribution in [2.45, 2.75) is 26.2 Å². The molecule has 1 aromatic carbocycles. The number of rotatable bonds is 2. The smallest absolute Gasteiger partial charge is 0.229 e. The Labute approximate surface area is 95.8 Å². The largest absolute Gasteiger partial charge is 0.398 e. The number of carbonyl (C=O) groups excluding carboxylic acids is 1. The van der Waals surface area contributed by atoms with Gasteiger partial charge in [-0.05, 0) is 23.6 Å². The SMILES string of the molecule is CC(C)c1ccc(N)c(C#CCC(N)=O)c1. The summed E-state index contributed by atoms with van der Waals surface area (Å²) in [6, 6.07) is 5.77. The van der Waals surface area contributed by atoms with Gasteiger partial charge in [-0.2, -0.15) is 0 Å². The van der Waals surface area contributed by atoms with Crippen LogP contribution in [0.3, 0.4) is 0 Å². The van der Waals surface area contributed by atoms with Crippen molar-refractivity contribution in [3.8, 4) is 11.8 Å². The van der Waals surface area contributed by atoms with Crippen LogP contribution in [0, 0.1) is 11.8 Å². The van der Waals surface area contributed by atoms with Crippen LogP contribution in [0.1, 0.15) is 37.3 Å². The highest BCUT2D eigenvalue weighted by molar-refractivity contribution is 5.76. The third-order valence-electron chi connectivity index (χ3n) is 2.23. The Kier molecular flexibility index (Phi) is 3.96. The van der Waals surface area contributed by atoms with Crippen LogP contribution in [0.2, 0.25) is 0 Å². The van der Waals surface area contributed by atoms with E-state index in [4.69, 9.17) is 11.5 Å². The number of hydrogen-bond donors (Lipinski definition) is 2. The molecule has 3 nitrogen and oxygen atoms in total. The minimum Gasteiger partial charge on any atom is -0.398 e. The molecule has 0 fully saturated rings. The fourth-order valence-corrected chi connectivity index (χ4v) is 1.27. The van der Waals surface area contributed by atoms with Gasteiger partial charge < -0.3 is 11.5 Å². The van der Waals surface area contributed by atoms with Gasteiger partial charge in [-0.25, -0.2) is 0 Å². The third kappa shape index (κ3) is 3.32. The van der Waals surface area contributed by atoms with Crippen LogP contribution in [0.25, 0.3) is 0 Å². The first-order valence-electron chi connectivity index (χ1n) is 5.17. The lowest BCUT2D eigenvalue weighted by Crippen LogP contribution is -2.08. The van der Waals surface area contributed by atoms with Gasteiger partial charge in [0.15, 0.2) is 0 Å². The third-order valence-corrected chi connectivity index (χ3v) is 2.23. The van der Waals surface area contributed by atoms with Crippen LogP contribution in [0.5, 0.6) is 0 Å². The maximum absolute atomic E-state index is 10.5. The Morgan fingerprint density at radius 1 is 1.44 bits per heavy atom. The Bertz CT molecular complexity index is 453. The Balaban J connectivity index is 2.97. The molecule has 0 saturated carbocycles. The van der Waals surface area contributed by atoms with Crippen molar-refractivity contribution in [1.29, 1.82) is 0 Å². The fraction of sp³-hybridized carbons (Fsp3) is 0.308. The summed E-state index contributed by atoms with van der Waals surface area (Å²) in [5.41, 5.74) is 13.3. The summed E-state index contributed by atoms with van der Waals surface area (Å²) >= 11 is 0. The minimum absolute atomic E-state index is 0.0609. The first kappa shape index (κ1) is 12.1. The molecule has 16 heavy (non-hydrogen) atoms. The second kappa shape index (κ2) is 5.22. The molecule has 1 rings (SSSR count). The summed E-state index contributed by atoms with van der Waals surface area (Å²) in [6.45, 7) is 4.21. The van der Waals surface area contributed by atoms with Gasteiger partial charge in [0.05, 0.1) is 6.42 Å². The molecular weight excluding hydrogens is 200 g/mol. The minimum atomic E-state index is -0.425. The van der Waals surface area contributed by atoms with Gasteiger partial charge >= 0.3 is 0 Å². The first-order chi connectivity index (χ1) is 7.50. The van der Waals surface area contributed by atoms with Gasteiger partial charge in [0, 0.05) is 11.3 Å². The van der Waals surface area contributed by atoms with Crippen molar-refractivity contribution >= 4 is 11.6 Å². The van der Waals surface area contributed by atoms with Gasteiger partial charge in [-0.1, -0.05) is 31.8 Å². The van der Waals surface area contributed by atoms with E-state index in [2.05, 4.69) is 25.7 Å². The Morgan fingerprint density at radius 2 is 2.12 bits per heavy atom. The molecule has 0 heterocycles. The number of nitrogens with two attached hydrogens (primary N) is 2. The van der Waals surface area contributed by atoms with Crippen LogP contribution in [-0.2, 0) is 4.79 Å². The zero-order valence-electron chi connectivity index (χ0n) is 9.58. The van der Waals surface area contributed by atoms with E-state index in [1.54, 1.807) is 0 Å². The highest BCUT2D eigenvalue weighted by Crippen LogP contribution is 2.19. The van der Waals surface area contributed by atoms with E-state index in [1.807, 2.05) is 18.2 Å². The van der Waals surface area contributed by atoms with Crippen LogP contribution in [-0.4, -0.2) is 5.91 Å². The Hall–Kier alpha value is -1.95. The van der Waals surface area contributed by atoms with E-state index in [0.29, 0.717) is 11.6 Å². The van der Waals surface area contributed by atoms with Crippen LogP contribution >= 0.6 is 0 Å². The molecule has 0 aliphatic rings. The molecule has 0 unspecified atom stereocenters. The summed E-state index contributed by atoms with van der Waals surface area (Å²) in [6.07, 6.45) is 0.0609. The summed E-state index contributed by atoms with van der Waals surface area (Å²) in [7, 11) is 0. The van der Waals surface area contributed by atoms with Crippen molar-refractivity contribution in [2.75, 3.05) is 5.73 Å². The van der Waals surface area contributed by atoms with Gasteiger partial charge in [0.25, 0.3) is 0 Å². The zero-order chi connectivity index (χ0) is 12.1. The molecule has 0 saturated heterocycles. The lowest BCUT2D eigenvalue weighted by Gasteiger charge is -2.07. The van der Waals surface area contributed by atoms with Crippen molar-refractivity contribution < 1.29 is 4.79 Å². The normalized spacial score (nSPS) is 9.69. The van der Waals surface area contributed by atoms with Crippen molar-refractivity contribution in [3.05, 3.63) is 29.3 Å². The molecule has 0 aliphatic carbocycles. The van der Waals surface area contributed by atoms with Crippen molar-refractivity contribution in [2.24, 2.45) is 5.73 Å². The molecule has 0 bridgehead atoms. The second-order valence-electron chi connectivity index (χ2n) is 3.95. The van der Waals surface area contributed by atoms with E-state index < -0.39 is 5.91 Å². The maximum atomic E-state index is 10.5. The molecule has 0 radical (unpaired) electrons. The Morgan fingerprint density at radius 3 is 2.69 bits per heavy atom. The highest BCUT2D eigenvalue weighted by atomic mass is 16.1. The molecule has 0 atom stereocenters. The number of carbonyl (C=O) groups is 1. The van der Waals surface area contributed by atoms with Crippen molar-refractivity contribution in [3.63, 3.8) is 0 Å². The first-order valence-corrected chi connectivity index (χ1v) is 5.17. The summed E-state index contributed by atoms with van der Waals surface area (Å²) < 4.78 is 0. The molecule has 84 valence electrons. The monoisotopic (exact) mass is 216 g/mol. The molecule has 1 aromatic rings. The van der Waals surface area contributed by atoms with Crippen LogP contribution in [0.15, 0.2) is 18.2 Å². The number of benzene rings is 1. The fourth-order valence-electron chi connectivity index (χ4n) is 1.27. The number of hydrogen-bond acceptors (Lipinski definition) is 2. The topological polar surface area (TPSA) is 69.1 Å². The average molecular weight is 216 g/mol. The number of nitrogen functional groups attached to an aromatic ring is 1. The maximum Gasteiger partial charge on any atom is 0.229 e. The summed E-state index contributed by atoms with van der Waals surface area (Å²) in [4.78, 5) is 10.5. The molecular formula is C13H16N2O. The molecule has 0 aliphatic heterocycles. The summed E-state index contributed by atoms with van der Waals surface area (Å²) in [5, 5.41) is 0. The standard InChI is InChI=1S/C13H16N2O/c1-9(2)10-6-7-12(14)11(8-10)4-3-5-13(15)16/h6-9H,5,14H2,1-2H3,(H2,15,16). The molecule has 0 aromatic heterocycles. The van der Waals surface area contributed by atoms with Crippen LogP contribution < -0.4 is 11.5 Å². The van der Waals surface area contributed by atoms with E-state index in [0.717, 1.165) is 5.56 Å². The molecule has 4 N–H and O–H groups in total. The molecule has 1 amide bonds. The highest BCUT2D eigenvalue weighted by Gasteiger charge is 2.02. The predicted octanol–water partition coefficient (Wildman–Crippen LogP) is 1.62. The van der Waals surface area contributed by atoms with Gasteiger partial charge in [-0.3, -0.25) is 4.79 Å². The van der Waals surface area contributed by atoms with E-state index in [1.165, 1.54) is 5.56 Å². The predicted molar refractivity (Wildman–Crippen MR) is 65.6 cm³/mol. The molecule has 3 heteroatoms. The number of anilines is 1. The van der Waals surface area contributed by atoms with Gasteiger partial charge in [0.1, 0.15) is 0 Å². The van der Waals surface area contributed by atoms with E-state index >= 15 is 0 Å². The second-order valence-corrected chi connectivity index (χ2v) is 3.95. The number of primary amides is 1. The molecule has 0 spiro atoms. The lowest BCUT2D eigenvalue weighted by molar-refractivity contribution is -0.117. The van der Waals surface area contributed by atoms with Gasteiger partial charge in [0.2, 0.25) is 5.91 Å². The lowest BCUT2D eigenvalue weighted by atomic mass is 10.00. The number of amides is 1. The van der Waals surface area contributed by atoms with E-state index in [9.17, 15) is 4.79 Å². The summed E-state index contributed by atoms with van der Waals surface area (Å²) in [5.74, 6) is 5.57. The van der Waals surface area contributed by atoms with Crippen molar-refractivity contribution in [1.82, 2.24) is 0 Å². The quantitative estimate of drug-likeness (QED) is 0.582. The average Bonchev–Trinajstić information content (AvgIpc) is 2.20. The zero-order valence-corrected chi connectivity index (χ0v) is 9.58. The van der Waals surface area contributed by atoms with Crippen LogP contribution in [0.4, 0.5) is 5.69 Å². The van der Waals surface area contributed by atoms with E-state index in [-0.39, 0.29) is 6.42 Å². The van der Waals surface area contributed by atoms with Gasteiger partial charge in [-0.15, -0.1) is 0 Å².